The van der Waals surface area contributed by atoms with E-state index in [2.05, 4.69) is 33.1 Å². The molecule has 1 heterocycles. The van der Waals surface area contributed by atoms with E-state index in [9.17, 15) is 4.79 Å². The quantitative estimate of drug-likeness (QED) is 0.217. The maximum Gasteiger partial charge on any atom is 0.255 e. The van der Waals surface area contributed by atoms with Crippen molar-refractivity contribution in [3.63, 3.8) is 0 Å². The topological polar surface area (TPSA) is 82.2 Å². The smallest absolute Gasteiger partial charge is 0.255 e. The first-order valence-electron chi connectivity index (χ1n) is 7.63. The highest BCUT2D eigenvalue weighted by Gasteiger charge is 2.19. The summed E-state index contributed by atoms with van der Waals surface area (Å²) in [5.74, 6) is 6.22. The van der Waals surface area contributed by atoms with Crippen LogP contribution in [-0.2, 0) is 28.6 Å². The van der Waals surface area contributed by atoms with Crippen LogP contribution in [0.2, 0.25) is 5.02 Å². The first kappa shape index (κ1) is 19.0. The summed E-state index contributed by atoms with van der Waals surface area (Å²) in [5, 5.41) is 5.12. The summed E-state index contributed by atoms with van der Waals surface area (Å²) in [6.45, 7) is 4.05. The molecule has 8 heteroatoms. The minimum absolute atomic E-state index is 0.0601. The Hall–Kier alpha value is -1.32. The molecule has 0 bridgehead atoms. The zero-order chi connectivity index (χ0) is 17.7. The van der Waals surface area contributed by atoms with Gasteiger partial charge in [0, 0.05) is 9.45 Å². The van der Waals surface area contributed by atoms with Gasteiger partial charge < -0.3 is 4.74 Å². The van der Waals surface area contributed by atoms with Crippen molar-refractivity contribution in [1.29, 1.82) is 0 Å². The van der Waals surface area contributed by atoms with Gasteiger partial charge in [-0.25, -0.2) is 5.84 Å². The normalized spacial score (nSPS) is 10.7. The Morgan fingerprint density at radius 2 is 2.12 bits per heavy atom. The molecule has 1 amide bonds. The number of nitrogens with one attached hydrogen (secondary N) is 1. The third kappa shape index (κ3) is 4.40. The van der Waals surface area contributed by atoms with Crippen molar-refractivity contribution >= 4 is 40.1 Å². The number of aromatic nitrogens is 2. The fourth-order valence-electron chi connectivity index (χ4n) is 2.41. The van der Waals surface area contributed by atoms with Crippen molar-refractivity contribution in [3.8, 4) is 11.5 Å². The van der Waals surface area contributed by atoms with Crippen molar-refractivity contribution < 1.29 is 9.53 Å². The van der Waals surface area contributed by atoms with Gasteiger partial charge in [0.15, 0.2) is 5.75 Å². The van der Waals surface area contributed by atoms with Crippen LogP contribution in [-0.4, -0.2) is 15.7 Å². The van der Waals surface area contributed by atoms with Gasteiger partial charge >= 0.3 is 0 Å². The van der Waals surface area contributed by atoms with Crippen LogP contribution in [0.25, 0.3) is 0 Å². The number of ether oxygens (including phenoxy) is 1. The van der Waals surface area contributed by atoms with Gasteiger partial charge in [0.2, 0.25) is 0 Å². The Bertz CT molecular complexity index is 733. The number of nitrogens with two attached hydrogens (primary N) is 1. The van der Waals surface area contributed by atoms with Crippen molar-refractivity contribution in [2.45, 2.75) is 37.7 Å². The highest BCUT2D eigenvalue weighted by molar-refractivity contribution is 14.1. The summed E-state index contributed by atoms with van der Waals surface area (Å²) in [7, 11) is 0. The standard InChI is InChI=1S/C16H20ClIN4O2/c1-3-13-16(14(4-2)22(21-13)9-15(23)20-19)24-12-6-10(8-18)5-11(17)7-12/h5-7H,3-4,8-9,19H2,1-2H3,(H,20,23). The SMILES string of the molecule is CCc1nn(CC(=O)NN)c(CC)c1Oc1cc(Cl)cc(CI)c1. The minimum Gasteiger partial charge on any atom is -0.453 e. The highest BCUT2D eigenvalue weighted by atomic mass is 127. The fraction of sp³-hybridized carbons (Fsp3) is 0.375. The van der Waals surface area contributed by atoms with Gasteiger partial charge in [-0.15, -0.1) is 0 Å². The monoisotopic (exact) mass is 462 g/mol. The molecule has 0 atom stereocenters. The number of rotatable bonds is 7. The molecular weight excluding hydrogens is 443 g/mol. The molecule has 6 nitrogen and oxygen atoms in total. The minimum atomic E-state index is -0.309. The summed E-state index contributed by atoms with van der Waals surface area (Å²) >= 11 is 8.44. The molecule has 1 aromatic heterocycles. The summed E-state index contributed by atoms with van der Waals surface area (Å²) in [6.07, 6.45) is 1.37. The number of hydrogen-bond donors (Lipinski definition) is 2. The van der Waals surface area contributed by atoms with E-state index in [1.54, 1.807) is 10.7 Å². The van der Waals surface area contributed by atoms with E-state index < -0.39 is 0 Å². The van der Waals surface area contributed by atoms with Crippen molar-refractivity contribution in [1.82, 2.24) is 15.2 Å². The molecule has 130 valence electrons. The van der Waals surface area contributed by atoms with Crippen LogP contribution in [0.5, 0.6) is 11.5 Å². The molecule has 0 spiro atoms. The molecule has 0 saturated heterocycles. The number of alkyl halides is 1. The largest absolute Gasteiger partial charge is 0.453 e. The van der Waals surface area contributed by atoms with Crippen LogP contribution in [0, 0.1) is 0 Å². The number of carbonyl (C=O) groups is 1. The first-order chi connectivity index (χ1) is 11.5. The van der Waals surface area contributed by atoms with Gasteiger partial charge in [-0.3, -0.25) is 14.9 Å². The number of halogens is 2. The Balaban J connectivity index is 2.41. The Morgan fingerprint density at radius 3 is 2.71 bits per heavy atom. The molecule has 0 aliphatic carbocycles. The maximum absolute atomic E-state index is 11.6. The predicted molar refractivity (Wildman–Crippen MR) is 103 cm³/mol. The zero-order valence-corrected chi connectivity index (χ0v) is 16.5. The zero-order valence-electron chi connectivity index (χ0n) is 13.6. The Kier molecular flexibility index (Phi) is 6.88. The third-order valence-electron chi connectivity index (χ3n) is 3.51. The van der Waals surface area contributed by atoms with Gasteiger partial charge in [-0.2, -0.15) is 5.10 Å². The molecule has 0 saturated carbocycles. The molecular formula is C16H20ClIN4O2. The van der Waals surface area contributed by atoms with E-state index in [1.165, 1.54) is 0 Å². The second kappa shape index (κ2) is 8.68. The molecule has 24 heavy (non-hydrogen) atoms. The Labute approximate surface area is 159 Å². The fourth-order valence-corrected chi connectivity index (χ4v) is 3.10. The van der Waals surface area contributed by atoms with Crippen LogP contribution < -0.4 is 16.0 Å². The lowest BCUT2D eigenvalue weighted by molar-refractivity contribution is -0.121. The third-order valence-corrected chi connectivity index (χ3v) is 4.61. The van der Waals surface area contributed by atoms with Crippen LogP contribution in [0.4, 0.5) is 0 Å². The Morgan fingerprint density at radius 1 is 1.38 bits per heavy atom. The van der Waals surface area contributed by atoms with Crippen molar-refractivity contribution in [3.05, 3.63) is 40.2 Å². The molecule has 2 rings (SSSR count). The molecule has 0 fully saturated rings. The van der Waals surface area contributed by atoms with Gasteiger partial charge in [0.25, 0.3) is 5.91 Å². The van der Waals surface area contributed by atoms with Gasteiger partial charge in [-0.05, 0) is 36.6 Å². The van der Waals surface area contributed by atoms with Crippen LogP contribution in [0.15, 0.2) is 18.2 Å². The summed E-state index contributed by atoms with van der Waals surface area (Å²) in [6, 6.07) is 5.65. The number of carbonyl (C=O) groups excluding carboxylic acids is 1. The second-order valence-corrected chi connectivity index (χ2v) is 6.38. The van der Waals surface area contributed by atoms with E-state index in [-0.39, 0.29) is 12.5 Å². The molecule has 0 aliphatic rings. The molecule has 0 radical (unpaired) electrons. The molecule has 3 N–H and O–H groups in total. The number of hydrogen-bond acceptors (Lipinski definition) is 4. The van der Waals surface area contributed by atoms with Crippen LogP contribution in [0.3, 0.4) is 0 Å². The van der Waals surface area contributed by atoms with Crippen molar-refractivity contribution in [2.24, 2.45) is 5.84 Å². The number of benzene rings is 1. The van der Waals surface area contributed by atoms with E-state index in [1.807, 2.05) is 26.0 Å². The molecule has 0 unspecified atom stereocenters. The highest BCUT2D eigenvalue weighted by Crippen LogP contribution is 2.32. The lowest BCUT2D eigenvalue weighted by Gasteiger charge is -2.10. The van der Waals surface area contributed by atoms with E-state index in [0.717, 1.165) is 21.4 Å². The summed E-state index contributed by atoms with van der Waals surface area (Å²) in [5.41, 5.74) is 4.86. The summed E-state index contributed by atoms with van der Waals surface area (Å²) < 4.78 is 8.59. The number of hydrazine groups is 1. The lowest BCUT2D eigenvalue weighted by atomic mass is 10.2. The number of amides is 1. The van der Waals surface area contributed by atoms with E-state index in [4.69, 9.17) is 22.2 Å². The van der Waals surface area contributed by atoms with Crippen LogP contribution in [0.1, 0.15) is 30.8 Å². The lowest BCUT2D eigenvalue weighted by Crippen LogP contribution is -2.33. The average molecular weight is 463 g/mol. The second-order valence-electron chi connectivity index (χ2n) is 5.19. The summed E-state index contributed by atoms with van der Waals surface area (Å²) in [4.78, 5) is 11.6. The van der Waals surface area contributed by atoms with Crippen molar-refractivity contribution in [2.75, 3.05) is 0 Å². The number of aryl methyl sites for hydroxylation is 1. The molecule has 2 aromatic rings. The predicted octanol–water partition coefficient (Wildman–Crippen LogP) is 3.38. The van der Waals surface area contributed by atoms with Gasteiger partial charge in [-0.1, -0.05) is 48.0 Å². The maximum atomic E-state index is 11.6. The van der Waals surface area contributed by atoms with Crippen LogP contribution >= 0.6 is 34.2 Å². The van der Waals surface area contributed by atoms with E-state index >= 15 is 0 Å². The molecule has 0 aliphatic heterocycles. The van der Waals surface area contributed by atoms with Gasteiger partial charge in [0.05, 0.1) is 5.69 Å². The number of nitrogens with zero attached hydrogens (tertiary/aromatic N) is 2. The van der Waals surface area contributed by atoms with Gasteiger partial charge in [0.1, 0.15) is 18.0 Å². The first-order valence-corrected chi connectivity index (χ1v) is 9.53. The molecule has 1 aromatic carbocycles. The van der Waals surface area contributed by atoms with E-state index in [0.29, 0.717) is 29.4 Å². The average Bonchev–Trinajstić information content (AvgIpc) is 2.90.